The third-order valence-corrected chi connectivity index (χ3v) is 4.81. The fraction of sp³-hybridized carbons (Fsp3) is 0.450. The van der Waals surface area contributed by atoms with Crippen LogP contribution in [0.15, 0.2) is 41.9 Å². The molecule has 5 nitrogen and oxygen atoms in total. The fourth-order valence-corrected chi connectivity index (χ4v) is 3.24. The number of nitrogens with zero attached hydrogens (tertiary/aromatic N) is 2. The zero-order valence-corrected chi connectivity index (χ0v) is 16.1. The van der Waals surface area contributed by atoms with Gasteiger partial charge in [0.2, 0.25) is 11.8 Å². The Kier molecular flexibility index (Phi) is 8.83. The number of benzene rings is 1. The zero-order valence-electron chi connectivity index (χ0n) is 15.3. The number of thiazole rings is 1. The van der Waals surface area contributed by atoms with Gasteiger partial charge in [0.05, 0.1) is 6.54 Å². The molecule has 0 aliphatic rings. The summed E-state index contributed by atoms with van der Waals surface area (Å²) in [5, 5.41) is 5.13. The standard InChI is InChI=1S/C20H27N3O2S/c1-2-3-4-8-14-23(16-18(24)22-20-21-13-15-26-20)19(25)12-11-17-9-6-5-7-10-17/h5-7,9-10,13,15H,2-4,8,11-12,14,16H2,1H3,(H,21,22,24). The number of aryl methyl sites for hydroxylation is 1. The number of rotatable bonds is 11. The normalized spacial score (nSPS) is 10.5. The van der Waals surface area contributed by atoms with Crippen LogP contribution < -0.4 is 5.32 Å². The van der Waals surface area contributed by atoms with Crippen LogP contribution in [0.5, 0.6) is 0 Å². The molecule has 0 bridgehead atoms. The number of carbonyl (C=O) groups excluding carboxylic acids is 2. The van der Waals surface area contributed by atoms with Crippen molar-refractivity contribution in [1.29, 1.82) is 0 Å². The molecule has 1 N–H and O–H groups in total. The topological polar surface area (TPSA) is 62.3 Å². The van der Waals surface area contributed by atoms with Crippen molar-refractivity contribution < 1.29 is 9.59 Å². The first-order valence-electron chi connectivity index (χ1n) is 9.20. The van der Waals surface area contributed by atoms with Crippen molar-refractivity contribution in [3.05, 3.63) is 47.5 Å². The molecule has 1 aromatic heterocycles. The summed E-state index contributed by atoms with van der Waals surface area (Å²) in [7, 11) is 0. The highest BCUT2D eigenvalue weighted by Gasteiger charge is 2.17. The summed E-state index contributed by atoms with van der Waals surface area (Å²) in [4.78, 5) is 30.6. The van der Waals surface area contributed by atoms with Crippen molar-refractivity contribution in [2.75, 3.05) is 18.4 Å². The SMILES string of the molecule is CCCCCCN(CC(=O)Nc1nccs1)C(=O)CCc1ccccc1. The molecule has 0 aliphatic heterocycles. The van der Waals surface area contributed by atoms with Crippen molar-refractivity contribution >= 4 is 28.3 Å². The molecule has 0 atom stereocenters. The number of carbonyl (C=O) groups is 2. The molecule has 140 valence electrons. The van der Waals surface area contributed by atoms with Gasteiger partial charge in [0.15, 0.2) is 5.13 Å². The van der Waals surface area contributed by atoms with E-state index in [9.17, 15) is 9.59 Å². The Balaban J connectivity index is 1.88. The second kappa shape index (κ2) is 11.4. The number of hydrogen-bond acceptors (Lipinski definition) is 4. The van der Waals surface area contributed by atoms with Crippen LogP contribution in [-0.4, -0.2) is 34.8 Å². The Morgan fingerprint density at radius 2 is 1.96 bits per heavy atom. The van der Waals surface area contributed by atoms with Crippen LogP contribution in [-0.2, 0) is 16.0 Å². The molecule has 1 aromatic carbocycles. The monoisotopic (exact) mass is 373 g/mol. The van der Waals surface area contributed by atoms with Gasteiger partial charge in [-0.1, -0.05) is 56.5 Å². The van der Waals surface area contributed by atoms with E-state index in [1.807, 2.05) is 35.7 Å². The molecular formula is C20H27N3O2S. The molecular weight excluding hydrogens is 346 g/mol. The number of amides is 2. The lowest BCUT2D eigenvalue weighted by Gasteiger charge is -2.22. The predicted octanol–water partition coefficient (Wildman–Crippen LogP) is 4.12. The van der Waals surface area contributed by atoms with Crippen LogP contribution in [0, 0.1) is 0 Å². The van der Waals surface area contributed by atoms with Gasteiger partial charge in [0.25, 0.3) is 0 Å². The third-order valence-electron chi connectivity index (χ3n) is 4.12. The minimum absolute atomic E-state index is 0.0274. The quantitative estimate of drug-likeness (QED) is 0.603. The van der Waals surface area contributed by atoms with Crippen molar-refractivity contribution in [3.8, 4) is 0 Å². The molecule has 0 spiro atoms. The van der Waals surface area contributed by atoms with E-state index in [1.54, 1.807) is 11.1 Å². The molecule has 0 aliphatic carbocycles. The molecule has 0 saturated carbocycles. The molecule has 0 radical (unpaired) electrons. The average molecular weight is 374 g/mol. The van der Waals surface area contributed by atoms with Gasteiger partial charge in [-0.2, -0.15) is 0 Å². The highest BCUT2D eigenvalue weighted by molar-refractivity contribution is 7.13. The average Bonchev–Trinajstić information content (AvgIpc) is 3.16. The highest BCUT2D eigenvalue weighted by Crippen LogP contribution is 2.11. The predicted molar refractivity (Wildman–Crippen MR) is 106 cm³/mol. The molecule has 0 unspecified atom stereocenters. The Hall–Kier alpha value is -2.21. The van der Waals surface area contributed by atoms with Gasteiger partial charge in [0, 0.05) is 24.5 Å². The van der Waals surface area contributed by atoms with E-state index in [-0.39, 0.29) is 18.4 Å². The van der Waals surface area contributed by atoms with Crippen LogP contribution in [0.1, 0.15) is 44.6 Å². The first kappa shape index (κ1) is 20.1. The van der Waals surface area contributed by atoms with Gasteiger partial charge >= 0.3 is 0 Å². The van der Waals surface area contributed by atoms with Gasteiger partial charge in [-0.15, -0.1) is 11.3 Å². The molecule has 0 fully saturated rings. The number of anilines is 1. The summed E-state index contributed by atoms with van der Waals surface area (Å²) in [6.45, 7) is 2.86. The number of hydrogen-bond donors (Lipinski definition) is 1. The second-order valence-corrected chi connectivity index (χ2v) is 7.14. The highest BCUT2D eigenvalue weighted by atomic mass is 32.1. The summed E-state index contributed by atoms with van der Waals surface area (Å²) in [6, 6.07) is 9.96. The first-order valence-corrected chi connectivity index (χ1v) is 10.1. The van der Waals surface area contributed by atoms with Gasteiger partial charge in [-0.25, -0.2) is 4.98 Å². The van der Waals surface area contributed by atoms with Crippen LogP contribution >= 0.6 is 11.3 Å². The van der Waals surface area contributed by atoms with E-state index < -0.39 is 0 Å². The summed E-state index contributed by atoms with van der Waals surface area (Å²) in [5.41, 5.74) is 1.14. The Labute approximate surface area is 159 Å². The summed E-state index contributed by atoms with van der Waals surface area (Å²) >= 11 is 1.37. The Bertz CT molecular complexity index is 659. The maximum absolute atomic E-state index is 12.7. The van der Waals surface area contributed by atoms with E-state index in [0.29, 0.717) is 24.5 Å². The minimum atomic E-state index is -0.191. The maximum atomic E-state index is 12.7. The molecule has 2 rings (SSSR count). The lowest BCUT2D eigenvalue weighted by atomic mass is 10.1. The summed E-state index contributed by atoms with van der Waals surface area (Å²) in [6.07, 6.45) is 7.06. The number of aromatic nitrogens is 1. The van der Waals surface area contributed by atoms with Crippen molar-refractivity contribution in [2.24, 2.45) is 0 Å². The first-order chi connectivity index (χ1) is 12.7. The van der Waals surface area contributed by atoms with Crippen LogP contribution in [0.25, 0.3) is 0 Å². The number of nitrogens with one attached hydrogen (secondary N) is 1. The van der Waals surface area contributed by atoms with E-state index >= 15 is 0 Å². The lowest BCUT2D eigenvalue weighted by molar-refractivity contribution is -0.134. The van der Waals surface area contributed by atoms with Crippen molar-refractivity contribution in [2.45, 2.75) is 45.4 Å². The third kappa shape index (κ3) is 7.35. The van der Waals surface area contributed by atoms with Gasteiger partial charge < -0.3 is 10.2 Å². The largest absolute Gasteiger partial charge is 0.333 e. The molecule has 2 aromatic rings. The Morgan fingerprint density at radius 3 is 2.65 bits per heavy atom. The minimum Gasteiger partial charge on any atom is -0.333 e. The zero-order chi connectivity index (χ0) is 18.6. The van der Waals surface area contributed by atoms with Crippen molar-refractivity contribution in [1.82, 2.24) is 9.88 Å². The van der Waals surface area contributed by atoms with Gasteiger partial charge in [-0.3, -0.25) is 9.59 Å². The van der Waals surface area contributed by atoms with E-state index in [2.05, 4.69) is 17.2 Å². The Morgan fingerprint density at radius 1 is 1.15 bits per heavy atom. The van der Waals surface area contributed by atoms with E-state index in [0.717, 1.165) is 31.2 Å². The van der Waals surface area contributed by atoms with Crippen LogP contribution in [0.4, 0.5) is 5.13 Å². The molecule has 2 amide bonds. The fourth-order valence-electron chi connectivity index (χ4n) is 2.69. The van der Waals surface area contributed by atoms with Crippen molar-refractivity contribution in [3.63, 3.8) is 0 Å². The number of unbranched alkanes of at least 4 members (excludes halogenated alkanes) is 3. The smallest absolute Gasteiger partial charge is 0.245 e. The second-order valence-electron chi connectivity index (χ2n) is 6.25. The van der Waals surface area contributed by atoms with Crippen LogP contribution in [0.3, 0.4) is 0 Å². The van der Waals surface area contributed by atoms with Gasteiger partial charge in [0.1, 0.15) is 0 Å². The lowest BCUT2D eigenvalue weighted by Crippen LogP contribution is -2.38. The molecule has 26 heavy (non-hydrogen) atoms. The van der Waals surface area contributed by atoms with Gasteiger partial charge in [-0.05, 0) is 18.4 Å². The van der Waals surface area contributed by atoms with Crippen LogP contribution in [0.2, 0.25) is 0 Å². The maximum Gasteiger partial charge on any atom is 0.245 e. The molecule has 6 heteroatoms. The summed E-state index contributed by atoms with van der Waals surface area (Å²) in [5.74, 6) is -0.164. The molecule has 1 heterocycles. The molecule has 0 saturated heterocycles. The van der Waals surface area contributed by atoms with E-state index in [4.69, 9.17) is 0 Å². The van der Waals surface area contributed by atoms with E-state index in [1.165, 1.54) is 11.3 Å². The summed E-state index contributed by atoms with van der Waals surface area (Å²) < 4.78 is 0.